The number of nitrogens with one attached hydrogen (secondary N) is 1. The molecule has 1 aromatic carbocycles. The van der Waals surface area contributed by atoms with E-state index in [1.54, 1.807) is 42.6 Å². The molecule has 0 radical (unpaired) electrons. The number of nitrogens with zero attached hydrogens (tertiary/aromatic N) is 5. The van der Waals surface area contributed by atoms with E-state index in [2.05, 4.69) is 15.3 Å². The van der Waals surface area contributed by atoms with Crippen LogP contribution in [0.2, 0.25) is 0 Å². The number of anilines is 2. The van der Waals surface area contributed by atoms with Crippen LogP contribution in [-0.2, 0) is 16.2 Å². The van der Waals surface area contributed by atoms with Crippen LogP contribution >= 0.6 is 0 Å². The largest absolute Gasteiger partial charge is 0.493 e. The minimum atomic E-state index is -2.98. The summed E-state index contributed by atoms with van der Waals surface area (Å²) >= 11 is 0. The van der Waals surface area contributed by atoms with Gasteiger partial charge in [-0.3, -0.25) is 14.0 Å². The van der Waals surface area contributed by atoms with Gasteiger partial charge in [0.15, 0.2) is 0 Å². The predicted molar refractivity (Wildman–Crippen MR) is 159 cm³/mol. The molecule has 4 heterocycles. The number of hydrogen-bond acceptors (Lipinski definition) is 8. The molecule has 0 bridgehead atoms. The predicted octanol–water partition coefficient (Wildman–Crippen LogP) is 4.75. The third kappa shape index (κ3) is 5.65. The van der Waals surface area contributed by atoms with Crippen LogP contribution in [-0.4, -0.2) is 67.8 Å². The van der Waals surface area contributed by atoms with Gasteiger partial charge in [0.2, 0.25) is 5.91 Å². The fourth-order valence-corrected chi connectivity index (χ4v) is 5.57. The zero-order valence-electron chi connectivity index (χ0n) is 24.9. The van der Waals surface area contributed by atoms with E-state index in [1.807, 2.05) is 6.92 Å². The van der Waals surface area contributed by atoms with Crippen molar-refractivity contribution in [1.82, 2.24) is 24.3 Å². The zero-order chi connectivity index (χ0) is 32.0. The summed E-state index contributed by atoms with van der Waals surface area (Å²) in [5.74, 6) is -4.24. The van der Waals surface area contributed by atoms with E-state index >= 15 is 0 Å². The van der Waals surface area contributed by atoms with Crippen LogP contribution in [0.1, 0.15) is 53.8 Å². The molecule has 2 amide bonds. The van der Waals surface area contributed by atoms with Crippen molar-refractivity contribution in [1.29, 1.82) is 0 Å². The number of nitrogens with two attached hydrogens (primary N) is 1. The van der Waals surface area contributed by atoms with Gasteiger partial charge in [0.25, 0.3) is 11.8 Å². The topological polar surface area (TPSA) is 137 Å². The lowest BCUT2D eigenvalue weighted by Crippen LogP contribution is -2.49. The van der Waals surface area contributed by atoms with Crippen LogP contribution in [0.5, 0.6) is 5.75 Å². The molecule has 0 spiro atoms. The lowest BCUT2D eigenvalue weighted by molar-refractivity contribution is -0.148. The number of carbonyl (C=O) groups is 2. The second-order valence-corrected chi connectivity index (χ2v) is 11.2. The fraction of sp³-hybridized carbons (Fsp3) is 0.387. The molecule has 45 heavy (non-hydrogen) atoms. The number of rotatable bonds is 8. The second-order valence-electron chi connectivity index (χ2n) is 11.2. The van der Waals surface area contributed by atoms with E-state index in [-0.39, 0.29) is 43.0 Å². The van der Waals surface area contributed by atoms with Crippen LogP contribution in [0.15, 0.2) is 42.7 Å². The average molecular weight is 624 g/mol. The average Bonchev–Trinajstić information content (AvgIpc) is 3.48. The Labute approximate surface area is 256 Å². The first-order chi connectivity index (χ1) is 21.5. The van der Waals surface area contributed by atoms with Crippen LogP contribution in [0.25, 0.3) is 16.8 Å². The van der Waals surface area contributed by atoms with E-state index in [4.69, 9.17) is 20.2 Å². The highest BCUT2D eigenvalue weighted by Crippen LogP contribution is 2.50. The van der Waals surface area contributed by atoms with Gasteiger partial charge in [-0.25, -0.2) is 28.1 Å². The van der Waals surface area contributed by atoms with Crippen molar-refractivity contribution >= 4 is 29.0 Å². The molecule has 3 atom stereocenters. The van der Waals surface area contributed by atoms with Gasteiger partial charge in [-0.1, -0.05) is 0 Å². The summed E-state index contributed by atoms with van der Waals surface area (Å²) in [6.45, 7) is 5.12. The van der Waals surface area contributed by atoms with Gasteiger partial charge in [-0.05, 0) is 56.7 Å². The maximum absolute atomic E-state index is 13.8. The summed E-state index contributed by atoms with van der Waals surface area (Å²) in [5, 5.41) is 2.67. The van der Waals surface area contributed by atoms with Crippen molar-refractivity contribution in [2.75, 3.05) is 30.8 Å². The third-order valence-electron chi connectivity index (χ3n) is 8.04. The van der Waals surface area contributed by atoms with Crippen molar-refractivity contribution in [3.63, 3.8) is 0 Å². The Morgan fingerprint density at radius 1 is 1.22 bits per heavy atom. The minimum Gasteiger partial charge on any atom is -0.493 e. The minimum absolute atomic E-state index is 0.0296. The maximum atomic E-state index is 13.8. The maximum Gasteiger partial charge on any atom is 0.260 e. The van der Waals surface area contributed by atoms with Crippen molar-refractivity contribution < 1.29 is 32.2 Å². The standard InChI is InChI=1S/C31H32F3N7O4/c1-4-44-22-10-19(29(42)38-24-9-18(12-32)7-8-36-24)5-6-20(22)25-26-27(35)37-13-16(2)41(26)28(39-25)23-14-40(17(3)15-45-23)30(43)21-11-31(21,33)34/h5-10,13,17,21,23H,4,11-12,14-15H2,1-3H3,(H2,35,37)(H,36,38,42). The summed E-state index contributed by atoms with van der Waals surface area (Å²) in [6.07, 6.45) is 1.80. The summed E-state index contributed by atoms with van der Waals surface area (Å²) in [6, 6.07) is 7.41. The van der Waals surface area contributed by atoms with Crippen LogP contribution < -0.4 is 15.8 Å². The number of carbonyl (C=O) groups excluding carboxylic acids is 2. The Morgan fingerprint density at radius 2 is 2.00 bits per heavy atom. The van der Waals surface area contributed by atoms with E-state index in [0.29, 0.717) is 39.6 Å². The fourth-order valence-electron chi connectivity index (χ4n) is 5.57. The van der Waals surface area contributed by atoms with E-state index in [1.165, 1.54) is 23.2 Å². The number of morpholine rings is 1. The Hall–Kier alpha value is -4.72. The highest BCUT2D eigenvalue weighted by atomic mass is 19.3. The van der Waals surface area contributed by atoms with Gasteiger partial charge in [0.05, 0.1) is 25.8 Å². The molecule has 1 aliphatic heterocycles. The number of imidazole rings is 1. The molecule has 2 fully saturated rings. The van der Waals surface area contributed by atoms with Gasteiger partial charge in [0, 0.05) is 35.6 Å². The quantitative estimate of drug-likeness (QED) is 0.287. The molecule has 11 nitrogen and oxygen atoms in total. The number of nitrogen functional groups attached to an aromatic ring is 1. The van der Waals surface area contributed by atoms with Gasteiger partial charge in [-0.2, -0.15) is 0 Å². The molecule has 1 aliphatic carbocycles. The number of aryl methyl sites for hydroxylation is 1. The smallest absolute Gasteiger partial charge is 0.260 e. The Bertz CT molecular complexity index is 1800. The van der Waals surface area contributed by atoms with Crippen LogP contribution in [0.3, 0.4) is 0 Å². The van der Waals surface area contributed by atoms with Gasteiger partial charge < -0.3 is 25.4 Å². The lowest BCUT2D eigenvalue weighted by atomic mass is 10.1. The highest BCUT2D eigenvalue weighted by Gasteiger charge is 2.62. The number of ether oxygens (including phenoxy) is 2. The van der Waals surface area contributed by atoms with Gasteiger partial charge in [0.1, 0.15) is 53.1 Å². The lowest BCUT2D eigenvalue weighted by Gasteiger charge is -2.37. The number of aromatic nitrogens is 4. The van der Waals surface area contributed by atoms with E-state index < -0.39 is 42.9 Å². The summed E-state index contributed by atoms with van der Waals surface area (Å²) in [4.78, 5) is 40.9. The van der Waals surface area contributed by atoms with Gasteiger partial charge >= 0.3 is 0 Å². The molecule has 1 saturated heterocycles. The van der Waals surface area contributed by atoms with E-state index in [0.717, 1.165) is 0 Å². The number of hydrogen-bond donors (Lipinski definition) is 2. The first-order valence-electron chi connectivity index (χ1n) is 14.5. The molecule has 4 aromatic rings. The number of amides is 2. The van der Waals surface area contributed by atoms with Crippen molar-refractivity contribution in [3.05, 3.63) is 65.4 Å². The Morgan fingerprint density at radius 3 is 2.71 bits per heavy atom. The molecular weight excluding hydrogens is 591 g/mol. The highest BCUT2D eigenvalue weighted by molar-refractivity contribution is 6.04. The molecule has 1 saturated carbocycles. The van der Waals surface area contributed by atoms with E-state index in [9.17, 15) is 22.8 Å². The summed E-state index contributed by atoms with van der Waals surface area (Å²) < 4.78 is 54.5. The normalized spacial score (nSPS) is 20.7. The first-order valence-corrected chi connectivity index (χ1v) is 14.5. The van der Waals surface area contributed by atoms with Crippen LogP contribution in [0, 0.1) is 12.8 Å². The SMILES string of the molecule is CCOc1cc(C(=O)Nc2cc(CF)ccn2)ccc1-c1nc(C2CN(C(=O)C3CC3(F)F)C(C)CO2)n2c(C)cnc(N)c12. The molecule has 3 aromatic heterocycles. The monoisotopic (exact) mass is 623 g/mol. The summed E-state index contributed by atoms with van der Waals surface area (Å²) in [7, 11) is 0. The Kier molecular flexibility index (Phi) is 7.85. The van der Waals surface area contributed by atoms with Crippen LogP contribution in [0.4, 0.5) is 24.8 Å². The first kappa shape index (κ1) is 30.3. The molecule has 14 heteroatoms. The summed E-state index contributed by atoms with van der Waals surface area (Å²) in [5.41, 5.74) is 9.10. The molecule has 6 rings (SSSR count). The molecule has 2 aliphatic rings. The van der Waals surface area contributed by atoms with Gasteiger partial charge in [-0.15, -0.1) is 0 Å². The zero-order valence-corrected chi connectivity index (χ0v) is 24.9. The number of halogens is 3. The number of fused-ring (bicyclic) bond motifs is 1. The number of pyridine rings is 1. The third-order valence-corrected chi connectivity index (χ3v) is 8.04. The molecule has 3 unspecified atom stereocenters. The Balaban J connectivity index is 1.38. The van der Waals surface area contributed by atoms with Crippen molar-refractivity contribution in [2.24, 2.45) is 5.92 Å². The molecule has 3 N–H and O–H groups in total. The number of benzene rings is 1. The molecular formula is C31H32F3N7O4. The van der Waals surface area contributed by atoms with Crippen molar-refractivity contribution in [3.8, 4) is 17.0 Å². The second kappa shape index (κ2) is 11.7. The van der Waals surface area contributed by atoms with Crippen molar-refractivity contribution in [2.45, 2.75) is 51.9 Å². The number of alkyl halides is 3. The molecule has 236 valence electrons.